The third-order valence-electron chi connectivity index (χ3n) is 2.74. The van der Waals surface area contributed by atoms with E-state index in [4.69, 9.17) is 14.6 Å². The lowest BCUT2D eigenvalue weighted by atomic mass is 10.1. The third kappa shape index (κ3) is 3.61. The molecule has 0 radical (unpaired) electrons. The molecule has 0 fully saturated rings. The van der Waals surface area contributed by atoms with Gasteiger partial charge in [0, 0.05) is 6.04 Å². The van der Waals surface area contributed by atoms with Gasteiger partial charge in [0.25, 0.3) is 0 Å². The topological polar surface area (TPSA) is 102 Å². The summed E-state index contributed by atoms with van der Waals surface area (Å²) in [7, 11) is -3.87. The van der Waals surface area contributed by atoms with Crippen molar-refractivity contribution in [2.45, 2.75) is 13.0 Å². The normalized spacial score (nSPS) is 15.7. The van der Waals surface area contributed by atoms with Crippen LogP contribution in [0, 0.1) is 0 Å². The summed E-state index contributed by atoms with van der Waals surface area (Å²) in [5.74, 6) is -1.19. The fraction of sp³-hybridized carbons (Fsp3) is 0.417. The first-order chi connectivity index (χ1) is 9.37. The van der Waals surface area contributed by atoms with Crippen molar-refractivity contribution < 1.29 is 27.8 Å². The zero-order chi connectivity index (χ0) is 14.8. The number of carboxylic acids is 1. The van der Waals surface area contributed by atoms with Crippen molar-refractivity contribution in [3.63, 3.8) is 0 Å². The fourth-order valence-electron chi connectivity index (χ4n) is 1.87. The predicted octanol–water partition coefficient (Wildman–Crippen LogP) is 0.523. The third-order valence-corrected chi connectivity index (χ3v) is 4.08. The molecule has 8 heteroatoms. The van der Waals surface area contributed by atoms with Crippen molar-refractivity contribution in [2.24, 2.45) is 0 Å². The molecule has 7 nitrogen and oxygen atoms in total. The second-order valence-electron chi connectivity index (χ2n) is 4.40. The minimum Gasteiger partial charge on any atom is -0.486 e. The van der Waals surface area contributed by atoms with Crippen LogP contribution in [0.5, 0.6) is 11.5 Å². The maximum absolute atomic E-state index is 11.6. The summed E-state index contributed by atoms with van der Waals surface area (Å²) in [5.41, 5.74) is 0.670. The summed E-state index contributed by atoms with van der Waals surface area (Å²) in [6.45, 7) is 2.55. The van der Waals surface area contributed by atoms with E-state index < -0.39 is 27.8 Å². The predicted molar refractivity (Wildman–Crippen MR) is 70.4 cm³/mol. The molecular formula is C12H15NO6S. The van der Waals surface area contributed by atoms with Gasteiger partial charge in [-0.1, -0.05) is 6.07 Å². The lowest BCUT2D eigenvalue weighted by Gasteiger charge is -2.20. The van der Waals surface area contributed by atoms with E-state index in [0.717, 1.165) is 0 Å². The number of nitrogens with one attached hydrogen (secondary N) is 1. The maximum Gasteiger partial charge on any atom is 0.320 e. The second-order valence-corrected chi connectivity index (χ2v) is 6.15. The first-order valence-electron chi connectivity index (χ1n) is 5.99. The van der Waals surface area contributed by atoms with Gasteiger partial charge in [-0.3, -0.25) is 4.79 Å². The molecule has 0 bridgehead atoms. The molecule has 20 heavy (non-hydrogen) atoms. The molecular weight excluding hydrogens is 286 g/mol. The maximum atomic E-state index is 11.6. The summed E-state index contributed by atoms with van der Waals surface area (Å²) in [5, 5.41) is 8.53. The van der Waals surface area contributed by atoms with E-state index in [1.165, 1.54) is 0 Å². The fourth-order valence-corrected chi connectivity index (χ4v) is 2.95. The van der Waals surface area contributed by atoms with E-state index in [1.807, 2.05) is 0 Å². The molecule has 110 valence electrons. The zero-order valence-electron chi connectivity index (χ0n) is 10.8. The van der Waals surface area contributed by atoms with Crippen LogP contribution >= 0.6 is 0 Å². The zero-order valence-corrected chi connectivity index (χ0v) is 11.6. The molecule has 2 N–H and O–H groups in total. The van der Waals surface area contributed by atoms with E-state index in [1.54, 1.807) is 25.1 Å². The van der Waals surface area contributed by atoms with Crippen molar-refractivity contribution in [2.75, 3.05) is 19.0 Å². The van der Waals surface area contributed by atoms with Gasteiger partial charge in [0.15, 0.2) is 17.3 Å². The van der Waals surface area contributed by atoms with Crippen LogP contribution in [0.2, 0.25) is 0 Å². The lowest BCUT2D eigenvalue weighted by molar-refractivity contribution is -0.134. The molecule has 1 atom stereocenters. The highest BCUT2D eigenvalue weighted by Crippen LogP contribution is 2.32. The first kappa shape index (κ1) is 14.6. The molecule has 1 unspecified atom stereocenters. The van der Waals surface area contributed by atoms with Gasteiger partial charge in [-0.05, 0) is 24.6 Å². The Bertz CT molecular complexity index is 612. The number of carbonyl (C=O) groups is 1. The van der Waals surface area contributed by atoms with Gasteiger partial charge in [0.05, 0.1) is 0 Å². The van der Waals surface area contributed by atoms with Gasteiger partial charge in [-0.2, -0.15) is 0 Å². The quantitative estimate of drug-likeness (QED) is 0.822. The number of ether oxygens (including phenoxy) is 2. The van der Waals surface area contributed by atoms with Gasteiger partial charge in [0.2, 0.25) is 10.0 Å². The van der Waals surface area contributed by atoms with Gasteiger partial charge in [-0.25, -0.2) is 13.1 Å². The molecule has 1 aromatic carbocycles. The number of aliphatic carboxylic acids is 1. The molecule has 0 amide bonds. The van der Waals surface area contributed by atoms with Crippen molar-refractivity contribution in [3.8, 4) is 11.5 Å². The molecule has 1 heterocycles. The van der Waals surface area contributed by atoms with E-state index in [2.05, 4.69) is 4.72 Å². The SMILES string of the molecule is CC(NS(=O)(=O)CC(=O)O)c1ccc2c(c1)OCCO2. The van der Waals surface area contributed by atoms with E-state index in [9.17, 15) is 13.2 Å². The Balaban J connectivity index is 2.13. The van der Waals surface area contributed by atoms with E-state index in [-0.39, 0.29) is 0 Å². The second kappa shape index (κ2) is 5.68. The van der Waals surface area contributed by atoms with Crippen LogP contribution in [0.1, 0.15) is 18.5 Å². The number of hydrogen-bond donors (Lipinski definition) is 2. The van der Waals surface area contributed by atoms with E-state index in [0.29, 0.717) is 30.3 Å². The average Bonchev–Trinajstić information content (AvgIpc) is 2.36. The summed E-state index contributed by atoms with van der Waals surface area (Å²) < 4.78 is 36.2. The molecule has 0 saturated carbocycles. The molecule has 0 spiro atoms. The van der Waals surface area contributed by atoms with Gasteiger partial charge in [-0.15, -0.1) is 0 Å². The number of carboxylic acid groups (broad SMARTS) is 1. The molecule has 2 rings (SSSR count). The standard InChI is InChI=1S/C12H15NO6S/c1-8(13-20(16,17)7-12(14)15)9-2-3-10-11(6-9)19-5-4-18-10/h2-3,6,8,13H,4-5,7H2,1H3,(H,14,15). The van der Waals surface area contributed by atoms with Crippen molar-refractivity contribution in [1.82, 2.24) is 4.72 Å². The first-order valence-corrected chi connectivity index (χ1v) is 7.64. The minimum atomic E-state index is -3.87. The largest absolute Gasteiger partial charge is 0.486 e. The monoisotopic (exact) mass is 301 g/mol. The molecule has 1 aliphatic rings. The van der Waals surface area contributed by atoms with Crippen molar-refractivity contribution >= 4 is 16.0 Å². The molecule has 0 aliphatic carbocycles. The smallest absolute Gasteiger partial charge is 0.320 e. The average molecular weight is 301 g/mol. The Kier molecular flexibility index (Phi) is 4.15. The van der Waals surface area contributed by atoms with Crippen molar-refractivity contribution in [1.29, 1.82) is 0 Å². The van der Waals surface area contributed by atoms with Crippen LogP contribution in [0.25, 0.3) is 0 Å². The minimum absolute atomic E-state index is 0.440. The summed E-state index contributed by atoms with van der Waals surface area (Å²) in [6, 6.07) is 4.53. The van der Waals surface area contributed by atoms with Crippen LogP contribution in [0.3, 0.4) is 0 Å². The number of hydrogen-bond acceptors (Lipinski definition) is 5. The number of sulfonamides is 1. The molecule has 0 saturated heterocycles. The highest BCUT2D eigenvalue weighted by atomic mass is 32.2. The Labute approximate surface area is 116 Å². The van der Waals surface area contributed by atoms with Crippen LogP contribution in [0.15, 0.2) is 18.2 Å². The lowest BCUT2D eigenvalue weighted by Crippen LogP contribution is -2.32. The summed E-state index contributed by atoms with van der Waals surface area (Å²) in [4.78, 5) is 10.5. The molecule has 1 aromatic rings. The Morgan fingerprint density at radius 2 is 2.00 bits per heavy atom. The molecule has 1 aliphatic heterocycles. The van der Waals surface area contributed by atoms with Gasteiger partial charge >= 0.3 is 5.97 Å². The Hall–Kier alpha value is -1.80. The van der Waals surface area contributed by atoms with Crippen LogP contribution in [0.4, 0.5) is 0 Å². The summed E-state index contributed by atoms with van der Waals surface area (Å²) >= 11 is 0. The Morgan fingerprint density at radius 3 is 2.65 bits per heavy atom. The number of fused-ring (bicyclic) bond motifs is 1. The van der Waals surface area contributed by atoms with Gasteiger partial charge in [0.1, 0.15) is 13.2 Å². The van der Waals surface area contributed by atoms with Crippen LogP contribution in [-0.2, 0) is 14.8 Å². The van der Waals surface area contributed by atoms with Crippen molar-refractivity contribution in [3.05, 3.63) is 23.8 Å². The summed E-state index contributed by atoms with van der Waals surface area (Å²) in [6.07, 6.45) is 0. The van der Waals surface area contributed by atoms with Gasteiger partial charge < -0.3 is 14.6 Å². The van der Waals surface area contributed by atoms with E-state index >= 15 is 0 Å². The highest BCUT2D eigenvalue weighted by Gasteiger charge is 2.21. The highest BCUT2D eigenvalue weighted by molar-refractivity contribution is 7.90. The van der Waals surface area contributed by atoms with Crippen LogP contribution < -0.4 is 14.2 Å². The number of rotatable bonds is 5. The van der Waals surface area contributed by atoms with Crippen LogP contribution in [-0.4, -0.2) is 38.5 Å². The number of benzene rings is 1. The Morgan fingerprint density at radius 1 is 1.35 bits per heavy atom. The molecule has 0 aromatic heterocycles.